The summed E-state index contributed by atoms with van der Waals surface area (Å²) in [4.78, 5) is 26.5. The van der Waals surface area contributed by atoms with E-state index in [1.54, 1.807) is 4.90 Å². The SMILES string of the molecule is CC(C)(C)OC(=O)N1CCCC(Cn2cc(C3=C(O)C=[N+]([O-])C3=O)c3ccccc32)C1. The monoisotopic (exact) mass is 425 g/mol. The average molecular weight is 425 g/mol. The van der Waals surface area contributed by atoms with Gasteiger partial charge < -0.3 is 24.5 Å². The third-order valence-corrected chi connectivity index (χ3v) is 5.59. The van der Waals surface area contributed by atoms with Gasteiger partial charge in [0.05, 0.1) is 0 Å². The summed E-state index contributed by atoms with van der Waals surface area (Å²) in [5.41, 5.74) is 0.923. The van der Waals surface area contributed by atoms with Gasteiger partial charge in [0.1, 0.15) is 11.2 Å². The first-order valence-electron chi connectivity index (χ1n) is 10.5. The normalized spacial score (nSPS) is 19.8. The van der Waals surface area contributed by atoms with Crippen LogP contribution in [0, 0.1) is 11.1 Å². The molecule has 164 valence electrons. The molecular weight excluding hydrogens is 398 g/mol. The summed E-state index contributed by atoms with van der Waals surface area (Å²) in [7, 11) is 0. The molecule has 2 amide bonds. The molecule has 2 aromatic rings. The third kappa shape index (κ3) is 4.15. The van der Waals surface area contributed by atoms with Crippen LogP contribution in [0.25, 0.3) is 16.5 Å². The van der Waals surface area contributed by atoms with Crippen molar-refractivity contribution in [3.05, 3.63) is 47.0 Å². The topological polar surface area (TPSA) is 97.8 Å². The van der Waals surface area contributed by atoms with Gasteiger partial charge in [0.15, 0.2) is 5.76 Å². The van der Waals surface area contributed by atoms with Crippen molar-refractivity contribution in [2.75, 3.05) is 13.1 Å². The number of benzene rings is 1. The van der Waals surface area contributed by atoms with Crippen molar-refractivity contribution in [3.63, 3.8) is 0 Å². The number of aromatic nitrogens is 1. The van der Waals surface area contributed by atoms with Gasteiger partial charge in [0.2, 0.25) is 6.21 Å². The molecule has 2 aliphatic rings. The van der Waals surface area contributed by atoms with E-state index in [1.807, 2.05) is 55.8 Å². The summed E-state index contributed by atoms with van der Waals surface area (Å²) in [5.74, 6) is -0.875. The zero-order valence-corrected chi connectivity index (χ0v) is 18.0. The van der Waals surface area contributed by atoms with Crippen LogP contribution in [0.5, 0.6) is 0 Å². The van der Waals surface area contributed by atoms with E-state index in [1.165, 1.54) is 0 Å². The number of ether oxygens (including phenoxy) is 1. The number of hydrogen-bond donors (Lipinski definition) is 1. The molecule has 8 heteroatoms. The van der Waals surface area contributed by atoms with Crippen LogP contribution < -0.4 is 0 Å². The Morgan fingerprint density at radius 3 is 2.74 bits per heavy atom. The molecule has 0 saturated carbocycles. The summed E-state index contributed by atoms with van der Waals surface area (Å²) < 4.78 is 7.71. The molecule has 2 aliphatic heterocycles. The van der Waals surface area contributed by atoms with Crippen LogP contribution in [0.1, 0.15) is 39.2 Å². The molecule has 0 spiro atoms. The highest BCUT2D eigenvalue weighted by molar-refractivity contribution is 6.26. The lowest BCUT2D eigenvalue weighted by atomic mass is 9.98. The number of carbonyl (C=O) groups excluding carboxylic acids is 2. The van der Waals surface area contributed by atoms with Crippen molar-refractivity contribution in [2.45, 2.75) is 45.8 Å². The summed E-state index contributed by atoms with van der Waals surface area (Å²) in [6.07, 6.45) is 4.27. The molecule has 1 saturated heterocycles. The quantitative estimate of drug-likeness (QED) is 0.598. The van der Waals surface area contributed by atoms with Crippen molar-refractivity contribution in [3.8, 4) is 0 Å². The van der Waals surface area contributed by atoms with Crippen molar-refractivity contribution < 1.29 is 24.2 Å². The number of amides is 2. The maximum absolute atomic E-state index is 12.5. The van der Waals surface area contributed by atoms with Crippen LogP contribution in [0.2, 0.25) is 0 Å². The number of likely N-dealkylation sites (tertiary alicyclic amines) is 1. The summed E-state index contributed by atoms with van der Waals surface area (Å²) in [6, 6.07) is 7.59. The van der Waals surface area contributed by atoms with E-state index < -0.39 is 11.5 Å². The molecule has 1 aromatic heterocycles. The second-order valence-electron chi connectivity index (χ2n) is 9.17. The number of hydroxylamine groups is 1. The molecule has 1 aromatic carbocycles. The molecule has 1 fully saturated rings. The van der Waals surface area contributed by atoms with Gasteiger partial charge in [-0.05, 0) is 45.6 Å². The lowest BCUT2D eigenvalue weighted by molar-refractivity contribution is -0.367. The number of rotatable bonds is 3. The molecule has 0 radical (unpaired) electrons. The number of nitrogens with zero attached hydrogens (tertiary/aromatic N) is 3. The highest BCUT2D eigenvalue weighted by Crippen LogP contribution is 2.32. The van der Waals surface area contributed by atoms with Crippen LogP contribution in [0.4, 0.5) is 4.79 Å². The van der Waals surface area contributed by atoms with E-state index in [0.29, 0.717) is 25.2 Å². The summed E-state index contributed by atoms with van der Waals surface area (Å²) in [6.45, 7) is 7.48. The van der Waals surface area contributed by atoms with Gasteiger partial charge in [-0.25, -0.2) is 9.59 Å². The summed E-state index contributed by atoms with van der Waals surface area (Å²) in [5, 5.41) is 22.6. The number of piperidine rings is 1. The Kier molecular flexibility index (Phi) is 5.24. The average Bonchev–Trinajstić information content (AvgIpc) is 3.17. The minimum absolute atomic E-state index is 0.0176. The molecule has 0 aliphatic carbocycles. The van der Waals surface area contributed by atoms with E-state index in [4.69, 9.17) is 4.74 Å². The smallest absolute Gasteiger partial charge is 0.435 e. The van der Waals surface area contributed by atoms with E-state index >= 15 is 0 Å². The Bertz CT molecular complexity index is 1110. The molecule has 4 rings (SSSR count). The highest BCUT2D eigenvalue weighted by atomic mass is 16.6. The molecule has 1 N–H and O–H groups in total. The van der Waals surface area contributed by atoms with Crippen molar-refractivity contribution >= 4 is 34.7 Å². The highest BCUT2D eigenvalue weighted by Gasteiger charge is 2.34. The lowest BCUT2D eigenvalue weighted by Crippen LogP contribution is -2.43. The van der Waals surface area contributed by atoms with Gasteiger partial charge in [-0.3, -0.25) is 0 Å². The van der Waals surface area contributed by atoms with Crippen LogP contribution >= 0.6 is 0 Å². The van der Waals surface area contributed by atoms with E-state index in [-0.39, 0.29) is 28.1 Å². The van der Waals surface area contributed by atoms with Crippen LogP contribution in [-0.4, -0.2) is 56.2 Å². The Hall–Kier alpha value is -3.29. The maximum atomic E-state index is 12.5. The zero-order valence-electron chi connectivity index (χ0n) is 18.0. The standard InChI is InChI=1S/C23H27N3O5/c1-23(2,3)31-22(29)24-10-6-7-15(11-24)12-25-13-17(16-8-4-5-9-18(16)25)20-19(27)14-26(30)21(20)28/h4-5,8-9,13-15,27H,6-7,10-12H2,1-3H3. The van der Waals surface area contributed by atoms with Crippen molar-refractivity contribution in [1.29, 1.82) is 0 Å². The fourth-order valence-corrected chi connectivity index (χ4v) is 4.29. The van der Waals surface area contributed by atoms with E-state index in [2.05, 4.69) is 0 Å². The second-order valence-corrected chi connectivity index (χ2v) is 9.17. The van der Waals surface area contributed by atoms with E-state index in [9.17, 15) is 19.9 Å². The third-order valence-electron chi connectivity index (χ3n) is 5.59. The van der Waals surface area contributed by atoms with Gasteiger partial charge in [0, 0.05) is 42.3 Å². The van der Waals surface area contributed by atoms with Crippen LogP contribution in [0.3, 0.4) is 0 Å². The molecular formula is C23H27N3O5. The first-order chi connectivity index (χ1) is 14.6. The predicted molar refractivity (Wildman–Crippen MR) is 117 cm³/mol. The van der Waals surface area contributed by atoms with Crippen LogP contribution in [-0.2, 0) is 16.1 Å². The van der Waals surface area contributed by atoms with Gasteiger partial charge in [-0.2, -0.15) is 0 Å². The number of aliphatic hydroxyl groups excluding tert-OH is 1. The molecule has 8 nitrogen and oxygen atoms in total. The number of para-hydroxylation sites is 1. The van der Waals surface area contributed by atoms with Crippen molar-refractivity contribution in [2.24, 2.45) is 5.92 Å². The Labute approximate surface area is 180 Å². The fourth-order valence-electron chi connectivity index (χ4n) is 4.29. The molecule has 3 heterocycles. The minimum Gasteiger partial charge on any atom is -0.616 e. The van der Waals surface area contributed by atoms with Gasteiger partial charge in [0.25, 0.3) is 0 Å². The fraction of sp³-hybridized carbons (Fsp3) is 0.435. The number of hydrogen-bond acceptors (Lipinski definition) is 5. The van der Waals surface area contributed by atoms with Gasteiger partial charge in [-0.15, -0.1) is 4.74 Å². The Morgan fingerprint density at radius 1 is 1.32 bits per heavy atom. The van der Waals surface area contributed by atoms with Gasteiger partial charge >= 0.3 is 12.0 Å². The Balaban J connectivity index is 1.59. The first-order valence-corrected chi connectivity index (χ1v) is 10.5. The number of fused-ring (bicyclic) bond motifs is 1. The van der Waals surface area contributed by atoms with E-state index in [0.717, 1.165) is 30.0 Å². The largest absolute Gasteiger partial charge is 0.616 e. The van der Waals surface area contributed by atoms with Gasteiger partial charge in [-0.1, -0.05) is 18.2 Å². The maximum Gasteiger partial charge on any atom is 0.435 e. The predicted octanol–water partition coefficient (Wildman–Crippen LogP) is 3.68. The molecule has 1 atom stereocenters. The molecule has 0 bridgehead atoms. The summed E-state index contributed by atoms with van der Waals surface area (Å²) >= 11 is 0. The minimum atomic E-state index is -0.769. The molecule has 1 unspecified atom stereocenters. The Morgan fingerprint density at radius 2 is 2.06 bits per heavy atom. The van der Waals surface area contributed by atoms with Crippen LogP contribution in [0.15, 0.2) is 36.2 Å². The second kappa shape index (κ2) is 7.76. The zero-order chi connectivity index (χ0) is 22.3. The number of aliphatic hydroxyl groups is 1. The van der Waals surface area contributed by atoms with Crippen molar-refractivity contribution in [1.82, 2.24) is 9.47 Å². The lowest BCUT2D eigenvalue weighted by Gasteiger charge is -2.34. The number of carbonyl (C=O) groups is 2. The number of allylic oxidation sites excluding steroid dienone is 1. The first kappa shape index (κ1) is 21.0. The molecule has 31 heavy (non-hydrogen) atoms.